The zero-order valence-corrected chi connectivity index (χ0v) is 13.4. The molecule has 0 radical (unpaired) electrons. The van der Waals surface area contributed by atoms with Crippen LogP contribution >= 0.6 is 0 Å². The van der Waals surface area contributed by atoms with Crippen molar-refractivity contribution in [3.8, 4) is 0 Å². The average Bonchev–Trinajstić information content (AvgIpc) is 2.95. The van der Waals surface area contributed by atoms with Crippen LogP contribution in [0.15, 0.2) is 4.42 Å². The van der Waals surface area contributed by atoms with E-state index in [0.29, 0.717) is 31.5 Å². The molecular formula is C15H24N4O3. The zero-order valence-electron chi connectivity index (χ0n) is 13.4. The van der Waals surface area contributed by atoms with E-state index in [-0.39, 0.29) is 11.3 Å². The van der Waals surface area contributed by atoms with E-state index >= 15 is 0 Å². The maximum Gasteiger partial charge on any atom is 0.318 e. The number of ether oxygens (including phenoxy) is 1. The first kappa shape index (κ1) is 15.3. The summed E-state index contributed by atoms with van der Waals surface area (Å²) in [6.07, 6.45) is 3.81. The van der Waals surface area contributed by atoms with Gasteiger partial charge in [0.2, 0.25) is 11.8 Å². The summed E-state index contributed by atoms with van der Waals surface area (Å²) in [7, 11) is 1.67. The minimum Gasteiger partial charge on any atom is -0.408 e. The van der Waals surface area contributed by atoms with Crippen molar-refractivity contribution in [2.45, 2.75) is 32.6 Å². The molecule has 0 unspecified atom stereocenters. The molecule has 0 aliphatic carbocycles. The molecule has 0 bridgehead atoms. The van der Waals surface area contributed by atoms with Gasteiger partial charge in [0.25, 0.3) is 0 Å². The van der Waals surface area contributed by atoms with Crippen molar-refractivity contribution in [3.05, 3.63) is 5.89 Å². The van der Waals surface area contributed by atoms with Crippen molar-refractivity contribution in [2.24, 2.45) is 5.41 Å². The van der Waals surface area contributed by atoms with Crippen LogP contribution < -0.4 is 4.90 Å². The Morgan fingerprint density at radius 1 is 1.32 bits per heavy atom. The summed E-state index contributed by atoms with van der Waals surface area (Å²) in [4.78, 5) is 16.2. The van der Waals surface area contributed by atoms with Crippen molar-refractivity contribution >= 4 is 11.9 Å². The van der Waals surface area contributed by atoms with E-state index in [9.17, 15) is 4.79 Å². The van der Waals surface area contributed by atoms with Gasteiger partial charge in [-0.1, -0.05) is 5.10 Å². The van der Waals surface area contributed by atoms with Gasteiger partial charge in [0.1, 0.15) is 0 Å². The molecule has 2 saturated heterocycles. The van der Waals surface area contributed by atoms with Crippen LogP contribution in [0.4, 0.5) is 6.01 Å². The molecule has 0 N–H and O–H groups in total. The smallest absolute Gasteiger partial charge is 0.318 e. The molecule has 1 amide bonds. The molecule has 122 valence electrons. The Morgan fingerprint density at radius 3 is 2.91 bits per heavy atom. The van der Waals surface area contributed by atoms with E-state index in [0.717, 1.165) is 38.9 Å². The minimum atomic E-state index is 0.141. The molecule has 2 aliphatic heterocycles. The van der Waals surface area contributed by atoms with Crippen molar-refractivity contribution in [1.82, 2.24) is 15.1 Å². The number of methoxy groups -OCH3 is 1. The highest BCUT2D eigenvalue weighted by atomic mass is 16.5. The molecule has 1 aromatic rings. The Kier molecular flexibility index (Phi) is 4.33. The molecule has 7 heteroatoms. The maximum absolute atomic E-state index is 12.1. The van der Waals surface area contributed by atoms with Crippen LogP contribution in [0.5, 0.6) is 0 Å². The van der Waals surface area contributed by atoms with Gasteiger partial charge in [-0.05, 0) is 19.3 Å². The number of aryl methyl sites for hydroxylation is 1. The molecule has 3 rings (SSSR count). The Bertz CT molecular complexity index is 533. The van der Waals surface area contributed by atoms with Gasteiger partial charge in [-0.15, -0.1) is 5.10 Å². The third kappa shape index (κ3) is 3.09. The van der Waals surface area contributed by atoms with Crippen molar-refractivity contribution in [3.63, 3.8) is 0 Å². The molecule has 2 fully saturated rings. The van der Waals surface area contributed by atoms with Crippen LogP contribution in [0.1, 0.15) is 31.6 Å². The summed E-state index contributed by atoms with van der Waals surface area (Å²) in [5, 5.41) is 8.06. The molecule has 1 spiro atoms. The van der Waals surface area contributed by atoms with Gasteiger partial charge in [-0.25, -0.2) is 0 Å². The van der Waals surface area contributed by atoms with Gasteiger partial charge in [0.05, 0.1) is 6.61 Å². The van der Waals surface area contributed by atoms with Crippen LogP contribution in [0, 0.1) is 12.3 Å². The number of likely N-dealkylation sites (tertiary alicyclic amines) is 1. The highest BCUT2D eigenvalue weighted by Crippen LogP contribution is 2.39. The van der Waals surface area contributed by atoms with Crippen LogP contribution in [-0.2, 0) is 9.53 Å². The van der Waals surface area contributed by atoms with E-state index in [1.54, 1.807) is 7.11 Å². The summed E-state index contributed by atoms with van der Waals surface area (Å²) in [6, 6.07) is 0.608. The molecule has 22 heavy (non-hydrogen) atoms. The number of rotatable bonds is 4. The number of amides is 1. The highest BCUT2D eigenvalue weighted by Gasteiger charge is 2.42. The number of aromatic nitrogens is 2. The molecule has 3 heterocycles. The number of nitrogens with zero attached hydrogens (tertiary/aromatic N) is 4. The fourth-order valence-electron chi connectivity index (χ4n) is 3.63. The normalized spacial score (nSPS) is 26.0. The number of piperidine rings is 2. The van der Waals surface area contributed by atoms with Crippen molar-refractivity contribution < 1.29 is 13.9 Å². The molecule has 7 nitrogen and oxygen atoms in total. The Labute approximate surface area is 130 Å². The molecular weight excluding hydrogens is 284 g/mol. The third-order valence-corrected chi connectivity index (χ3v) is 4.76. The first-order valence-electron chi connectivity index (χ1n) is 7.94. The largest absolute Gasteiger partial charge is 0.408 e. The lowest BCUT2D eigenvalue weighted by Gasteiger charge is -2.47. The second kappa shape index (κ2) is 6.24. The van der Waals surface area contributed by atoms with Gasteiger partial charge in [-0.3, -0.25) is 4.79 Å². The van der Waals surface area contributed by atoms with E-state index in [1.807, 2.05) is 11.8 Å². The number of anilines is 1. The summed E-state index contributed by atoms with van der Waals surface area (Å²) >= 11 is 0. The number of hydrogen-bond donors (Lipinski definition) is 0. The second-order valence-electron chi connectivity index (χ2n) is 6.44. The molecule has 2 aliphatic rings. The second-order valence-corrected chi connectivity index (χ2v) is 6.44. The topological polar surface area (TPSA) is 71.7 Å². The van der Waals surface area contributed by atoms with Crippen molar-refractivity contribution in [1.29, 1.82) is 0 Å². The predicted molar refractivity (Wildman–Crippen MR) is 80.6 cm³/mol. The van der Waals surface area contributed by atoms with Crippen LogP contribution in [0.2, 0.25) is 0 Å². The summed E-state index contributed by atoms with van der Waals surface area (Å²) in [5.74, 6) is 0.837. The average molecular weight is 308 g/mol. The van der Waals surface area contributed by atoms with Gasteiger partial charge >= 0.3 is 6.01 Å². The Balaban J connectivity index is 1.70. The highest BCUT2D eigenvalue weighted by molar-refractivity contribution is 5.77. The van der Waals surface area contributed by atoms with E-state index < -0.39 is 0 Å². The molecule has 1 atom stereocenters. The molecule has 1 aromatic heterocycles. The Morgan fingerprint density at radius 2 is 2.18 bits per heavy atom. The maximum atomic E-state index is 12.1. The standard InChI is InChI=1S/C15H24N4O3/c1-12-16-17-14(22-12)19-7-3-5-15(11-19)6-4-13(20)18(10-15)8-9-21-2/h3-11H2,1-2H3/t15-/m0/s1. The van der Waals surface area contributed by atoms with Crippen molar-refractivity contribution in [2.75, 3.05) is 44.8 Å². The zero-order chi connectivity index (χ0) is 15.6. The van der Waals surface area contributed by atoms with Crippen LogP contribution in [0.25, 0.3) is 0 Å². The molecule has 0 aromatic carbocycles. The van der Waals surface area contributed by atoms with E-state index in [1.165, 1.54) is 0 Å². The Hall–Kier alpha value is -1.63. The summed E-state index contributed by atoms with van der Waals surface area (Å²) in [6.45, 7) is 5.70. The van der Waals surface area contributed by atoms with Gasteiger partial charge in [0, 0.05) is 52.0 Å². The fraction of sp³-hybridized carbons (Fsp3) is 0.800. The first-order valence-corrected chi connectivity index (χ1v) is 7.94. The number of carbonyl (C=O) groups excluding carboxylic acids is 1. The lowest BCUT2D eigenvalue weighted by molar-refractivity contribution is -0.138. The number of carbonyl (C=O) groups is 1. The SMILES string of the molecule is COCCN1C[C@]2(CCCN(c3nnc(C)o3)C2)CCC1=O. The molecule has 0 saturated carbocycles. The lowest BCUT2D eigenvalue weighted by Crippen LogP contribution is -2.54. The quantitative estimate of drug-likeness (QED) is 0.833. The predicted octanol–water partition coefficient (Wildman–Crippen LogP) is 1.23. The number of hydrogen-bond acceptors (Lipinski definition) is 6. The summed E-state index contributed by atoms with van der Waals surface area (Å²) in [5.41, 5.74) is 0.141. The minimum absolute atomic E-state index is 0.141. The first-order chi connectivity index (χ1) is 10.6. The van der Waals surface area contributed by atoms with Crippen LogP contribution in [-0.4, -0.2) is 60.9 Å². The van der Waals surface area contributed by atoms with Gasteiger partial charge in [-0.2, -0.15) is 0 Å². The van der Waals surface area contributed by atoms with Crippen LogP contribution in [0.3, 0.4) is 0 Å². The fourth-order valence-corrected chi connectivity index (χ4v) is 3.63. The van der Waals surface area contributed by atoms with E-state index in [4.69, 9.17) is 9.15 Å². The van der Waals surface area contributed by atoms with Gasteiger partial charge < -0.3 is 19.0 Å². The summed E-state index contributed by atoms with van der Waals surface area (Å²) < 4.78 is 10.7. The third-order valence-electron chi connectivity index (χ3n) is 4.76. The lowest BCUT2D eigenvalue weighted by atomic mass is 9.73. The monoisotopic (exact) mass is 308 g/mol. The van der Waals surface area contributed by atoms with Gasteiger partial charge in [0.15, 0.2) is 0 Å². The van der Waals surface area contributed by atoms with E-state index in [2.05, 4.69) is 15.1 Å².